The van der Waals surface area contributed by atoms with Crippen molar-refractivity contribution in [2.45, 2.75) is 0 Å². The summed E-state index contributed by atoms with van der Waals surface area (Å²) in [6, 6.07) is 4.35. The maximum atomic E-state index is 11.4. The van der Waals surface area contributed by atoms with Crippen molar-refractivity contribution in [2.75, 3.05) is 7.11 Å². The Morgan fingerprint density at radius 1 is 1.62 bits per heavy atom. The zero-order valence-corrected chi connectivity index (χ0v) is 9.65. The summed E-state index contributed by atoms with van der Waals surface area (Å²) >= 11 is 2.95. The van der Waals surface area contributed by atoms with E-state index < -0.39 is 16.6 Å². The smallest absolute Gasteiger partial charge is 0.346 e. The summed E-state index contributed by atoms with van der Waals surface area (Å²) < 4.78 is 4.53. The number of ether oxygens (including phenoxy) is 1. The van der Waals surface area contributed by atoms with Gasteiger partial charge in [-0.15, -0.1) is 0 Å². The molecule has 0 aliphatic rings. The average Bonchev–Trinajstić information content (AvgIpc) is 2.27. The second kappa shape index (κ2) is 4.72. The van der Waals surface area contributed by atoms with Crippen molar-refractivity contribution >= 4 is 27.6 Å². The van der Waals surface area contributed by atoms with Crippen LogP contribution in [0.15, 0.2) is 16.6 Å². The lowest BCUT2D eigenvalue weighted by Crippen LogP contribution is -2.08. The molecule has 0 N–H and O–H groups in total. The molecule has 82 valence electrons. The molecule has 0 aliphatic carbocycles. The van der Waals surface area contributed by atoms with Gasteiger partial charge in [-0.3, -0.25) is 10.1 Å². The molecule has 7 heteroatoms. The van der Waals surface area contributed by atoms with Crippen LogP contribution in [0.25, 0.3) is 0 Å². The third kappa shape index (κ3) is 2.01. The van der Waals surface area contributed by atoms with Gasteiger partial charge in [0.2, 0.25) is 0 Å². The Balaban J connectivity index is 3.63. The van der Waals surface area contributed by atoms with Gasteiger partial charge in [-0.05, 0) is 28.1 Å². The van der Waals surface area contributed by atoms with Crippen LogP contribution >= 0.6 is 15.9 Å². The van der Waals surface area contributed by atoms with Gasteiger partial charge in [-0.25, -0.2) is 4.79 Å². The number of nitro groups is 1. The van der Waals surface area contributed by atoms with E-state index in [9.17, 15) is 14.9 Å². The highest BCUT2D eigenvalue weighted by atomic mass is 79.9. The van der Waals surface area contributed by atoms with Crippen LogP contribution in [0.1, 0.15) is 15.9 Å². The SMILES string of the molecule is COC(=O)c1c(C#N)ccc(Br)c1[N+](=O)[O-]. The molecule has 1 aromatic carbocycles. The quantitative estimate of drug-likeness (QED) is 0.470. The van der Waals surface area contributed by atoms with Gasteiger partial charge in [0.1, 0.15) is 6.07 Å². The van der Waals surface area contributed by atoms with Gasteiger partial charge in [0, 0.05) is 0 Å². The summed E-state index contributed by atoms with van der Waals surface area (Å²) in [4.78, 5) is 21.4. The van der Waals surface area contributed by atoms with Crippen LogP contribution in [0.4, 0.5) is 5.69 Å². The molecule has 0 fully saturated rings. The van der Waals surface area contributed by atoms with Crippen molar-refractivity contribution in [2.24, 2.45) is 0 Å². The molecule has 0 radical (unpaired) electrons. The first-order valence-electron chi connectivity index (χ1n) is 3.98. The van der Waals surface area contributed by atoms with Gasteiger partial charge in [0.05, 0.1) is 22.1 Å². The highest BCUT2D eigenvalue weighted by Crippen LogP contribution is 2.31. The Morgan fingerprint density at radius 3 is 2.69 bits per heavy atom. The second-order valence-electron chi connectivity index (χ2n) is 2.68. The summed E-state index contributed by atoms with van der Waals surface area (Å²) in [5, 5.41) is 19.6. The minimum absolute atomic E-state index is 0.0956. The minimum Gasteiger partial charge on any atom is -0.465 e. The van der Waals surface area contributed by atoms with E-state index >= 15 is 0 Å². The average molecular weight is 285 g/mol. The molecule has 16 heavy (non-hydrogen) atoms. The minimum atomic E-state index is -0.912. The van der Waals surface area contributed by atoms with Gasteiger partial charge < -0.3 is 4.74 Å². The Bertz CT molecular complexity index is 507. The van der Waals surface area contributed by atoms with E-state index in [0.717, 1.165) is 7.11 Å². The summed E-state index contributed by atoms with van der Waals surface area (Å²) in [5.74, 6) is -0.912. The number of halogens is 1. The van der Waals surface area contributed by atoms with E-state index in [1.54, 1.807) is 6.07 Å². The first kappa shape index (κ1) is 12.1. The normalized spacial score (nSPS) is 9.31. The van der Waals surface area contributed by atoms with Gasteiger partial charge in [-0.2, -0.15) is 5.26 Å². The summed E-state index contributed by atoms with van der Waals surface area (Å²) in [5.41, 5.74) is -0.906. The largest absolute Gasteiger partial charge is 0.465 e. The van der Waals surface area contributed by atoms with Crippen LogP contribution in [0.3, 0.4) is 0 Å². The molecule has 6 nitrogen and oxygen atoms in total. The fraction of sp³-hybridized carbons (Fsp3) is 0.111. The molecule has 0 atom stereocenters. The monoisotopic (exact) mass is 284 g/mol. The molecule has 0 saturated carbocycles. The van der Waals surface area contributed by atoms with Gasteiger partial charge in [0.25, 0.3) is 5.69 Å². The lowest BCUT2D eigenvalue weighted by molar-refractivity contribution is -0.386. The second-order valence-corrected chi connectivity index (χ2v) is 3.53. The zero-order valence-electron chi connectivity index (χ0n) is 8.06. The number of esters is 1. The fourth-order valence-electron chi connectivity index (χ4n) is 1.15. The number of carbonyl (C=O) groups excluding carboxylic acids is 1. The Kier molecular flexibility index (Phi) is 3.58. The molecule has 1 aromatic rings. The van der Waals surface area contributed by atoms with Crippen LogP contribution in [0.2, 0.25) is 0 Å². The number of rotatable bonds is 2. The van der Waals surface area contributed by atoms with E-state index in [1.807, 2.05) is 0 Å². The molecule has 0 aromatic heterocycles. The van der Waals surface area contributed by atoms with Crippen molar-refractivity contribution in [1.82, 2.24) is 0 Å². The lowest BCUT2D eigenvalue weighted by atomic mass is 10.1. The maximum Gasteiger partial charge on any atom is 0.346 e. The highest BCUT2D eigenvalue weighted by Gasteiger charge is 2.28. The first-order valence-corrected chi connectivity index (χ1v) is 4.77. The zero-order chi connectivity index (χ0) is 12.3. The standard InChI is InChI=1S/C9H5BrN2O4/c1-16-9(13)7-5(4-11)2-3-6(10)8(7)12(14)15/h2-3H,1H3. The van der Waals surface area contributed by atoms with Crippen LogP contribution in [0, 0.1) is 21.4 Å². The number of carbonyl (C=O) groups is 1. The molecular formula is C9H5BrN2O4. The fourth-order valence-corrected chi connectivity index (χ4v) is 1.62. The van der Waals surface area contributed by atoms with Crippen LogP contribution < -0.4 is 0 Å². The molecule has 0 aliphatic heterocycles. The van der Waals surface area contributed by atoms with E-state index in [0.29, 0.717) is 0 Å². The predicted octanol–water partition coefficient (Wildman–Crippen LogP) is 2.02. The number of benzene rings is 1. The Morgan fingerprint density at radius 2 is 2.25 bits per heavy atom. The number of nitriles is 1. The molecule has 0 heterocycles. The van der Waals surface area contributed by atoms with Crippen molar-refractivity contribution in [3.05, 3.63) is 37.8 Å². The number of nitro benzene ring substituents is 1. The van der Waals surface area contributed by atoms with E-state index in [1.165, 1.54) is 12.1 Å². The topological polar surface area (TPSA) is 93.2 Å². The van der Waals surface area contributed by atoms with Crippen molar-refractivity contribution in [1.29, 1.82) is 5.26 Å². The molecule has 0 amide bonds. The Hall–Kier alpha value is -1.94. The molecule has 1 rings (SSSR count). The van der Waals surface area contributed by atoms with Crippen molar-refractivity contribution in [3.63, 3.8) is 0 Å². The van der Waals surface area contributed by atoms with Crippen LogP contribution in [0.5, 0.6) is 0 Å². The van der Waals surface area contributed by atoms with Crippen LogP contribution in [-0.2, 0) is 4.74 Å². The van der Waals surface area contributed by atoms with E-state index in [-0.39, 0.29) is 15.6 Å². The van der Waals surface area contributed by atoms with Gasteiger partial charge >= 0.3 is 5.97 Å². The highest BCUT2D eigenvalue weighted by molar-refractivity contribution is 9.10. The third-order valence-corrected chi connectivity index (χ3v) is 2.46. The lowest BCUT2D eigenvalue weighted by Gasteiger charge is -2.04. The number of methoxy groups -OCH3 is 1. The summed E-state index contributed by atoms with van der Waals surface area (Å²) in [6.45, 7) is 0. The third-order valence-electron chi connectivity index (χ3n) is 1.82. The maximum absolute atomic E-state index is 11.4. The number of hydrogen-bond acceptors (Lipinski definition) is 5. The summed E-state index contributed by atoms with van der Waals surface area (Å²) in [7, 11) is 1.09. The number of nitrogens with zero attached hydrogens (tertiary/aromatic N) is 2. The van der Waals surface area contributed by atoms with Gasteiger partial charge in [-0.1, -0.05) is 0 Å². The molecule has 0 spiro atoms. The predicted molar refractivity (Wildman–Crippen MR) is 56.9 cm³/mol. The van der Waals surface area contributed by atoms with Gasteiger partial charge in [0.15, 0.2) is 5.56 Å². The molecular weight excluding hydrogens is 280 g/mol. The van der Waals surface area contributed by atoms with E-state index in [4.69, 9.17) is 5.26 Å². The Labute approximate surface area is 98.7 Å². The first-order chi connectivity index (χ1) is 7.52. The van der Waals surface area contributed by atoms with Crippen molar-refractivity contribution in [3.8, 4) is 6.07 Å². The molecule has 0 unspecified atom stereocenters. The molecule has 0 bridgehead atoms. The molecule has 0 saturated heterocycles. The van der Waals surface area contributed by atoms with Crippen molar-refractivity contribution < 1.29 is 14.5 Å². The van der Waals surface area contributed by atoms with Crippen LogP contribution in [-0.4, -0.2) is 18.0 Å². The number of hydrogen-bond donors (Lipinski definition) is 0. The van der Waals surface area contributed by atoms with E-state index in [2.05, 4.69) is 20.7 Å². The summed E-state index contributed by atoms with van der Waals surface area (Å²) in [6.07, 6.45) is 0.